The van der Waals surface area contributed by atoms with Gasteiger partial charge in [0.05, 0.1) is 6.61 Å². The fourth-order valence-corrected chi connectivity index (χ4v) is 0.974. The standard InChI is InChI=1S/C10H15N3O2/c1-2-14-5-6-15-9-4-3-8(7-13-9)10(11)12/h3-4,7H,2,5-6H2,1H3,(H3,11,12). The molecule has 5 heteroatoms. The van der Waals surface area contributed by atoms with Crippen LogP contribution < -0.4 is 10.5 Å². The number of nitrogen functional groups attached to an aromatic ring is 1. The van der Waals surface area contributed by atoms with Crippen LogP contribution in [0.2, 0.25) is 0 Å². The minimum absolute atomic E-state index is 0.00312. The number of pyridine rings is 1. The average Bonchev–Trinajstić information content (AvgIpc) is 2.25. The molecule has 0 amide bonds. The molecule has 0 saturated carbocycles. The summed E-state index contributed by atoms with van der Waals surface area (Å²) in [5, 5.41) is 7.18. The maximum Gasteiger partial charge on any atom is 0.213 e. The molecule has 0 unspecified atom stereocenters. The molecule has 1 aromatic rings. The Hall–Kier alpha value is -1.62. The van der Waals surface area contributed by atoms with Gasteiger partial charge in [-0.3, -0.25) is 5.41 Å². The van der Waals surface area contributed by atoms with Crippen molar-refractivity contribution in [1.29, 1.82) is 5.41 Å². The van der Waals surface area contributed by atoms with Gasteiger partial charge in [-0.1, -0.05) is 0 Å². The van der Waals surface area contributed by atoms with Gasteiger partial charge in [0.25, 0.3) is 0 Å². The van der Waals surface area contributed by atoms with Crippen LogP contribution in [0, 0.1) is 5.41 Å². The number of hydrogen-bond donors (Lipinski definition) is 2. The van der Waals surface area contributed by atoms with Crippen molar-refractivity contribution in [1.82, 2.24) is 4.98 Å². The minimum atomic E-state index is 0.00312. The van der Waals surface area contributed by atoms with E-state index in [1.54, 1.807) is 12.1 Å². The van der Waals surface area contributed by atoms with Gasteiger partial charge in [-0.05, 0) is 13.0 Å². The predicted octanol–water partition coefficient (Wildman–Crippen LogP) is 0.781. The lowest BCUT2D eigenvalue weighted by Crippen LogP contribution is -2.12. The highest BCUT2D eigenvalue weighted by Crippen LogP contribution is 2.06. The van der Waals surface area contributed by atoms with Gasteiger partial charge in [0.15, 0.2) is 0 Å². The van der Waals surface area contributed by atoms with Crippen molar-refractivity contribution >= 4 is 5.84 Å². The average molecular weight is 209 g/mol. The first-order valence-corrected chi connectivity index (χ1v) is 4.75. The molecule has 3 N–H and O–H groups in total. The Balaban J connectivity index is 2.39. The maximum absolute atomic E-state index is 7.18. The fourth-order valence-electron chi connectivity index (χ4n) is 0.974. The Labute approximate surface area is 88.7 Å². The molecule has 0 aliphatic rings. The molecule has 0 spiro atoms. The molecule has 0 radical (unpaired) electrons. The lowest BCUT2D eigenvalue weighted by Gasteiger charge is -2.05. The van der Waals surface area contributed by atoms with Crippen molar-refractivity contribution in [3.8, 4) is 5.88 Å². The van der Waals surface area contributed by atoms with Gasteiger partial charge in [-0.2, -0.15) is 0 Å². The summed E-state index contributed by atoms with van der Waals surface area (Å²) in [6.07, 6.45) is 1.51. The molecule has 0 saturated heterocycles. The van der Waals surface area contributed by atoms with Crippen LogP contribution in [0.4, 0.5) is 0 Å². The SMILES string of the molecule is CCOCCOc1ccc(C(=N)N)cn1. The number of aromatic nitrogens is 1. The summed E-state index contributed by atoms with van der Waals surface area (Å²) in [4.78, 5) is 4.00. The second-order valence-corrected chi connectivity index (χ2v) is 2.84. The minimum Gasteiger partial charge on any atom is -0.475 e. The summed E-state index contributed by atoms with van der Waals surface area (Å²) in [5.41, 5.74) is 5.88. The highest BCUT2D eigenvalue weighted by molar-refractivity contribution is 5.94. The molecule has 0 aromatic carbocycles. The summed E-state index contributed by atoms with van der Waals surface area (Å²) in [7, 11) is 0. The third-order valence-electron chi connectivity index (χ3n) is 1.73. The lowest BCUT2D eigenvalue weighted by molar-refractivity contribution is 0.108. The van der Waals surface area contributed by atoms with Crippen LogP contribution in [-0.4, -0.2) is 30.6 Å². The first-order valence-electron chi connectivity index (χ1n) is 4.75. The molecule has 1 aromatic heterocycles. The molecular weight excluding hydrogens is 194 g/mol. The lowest BCUT2D eigenvalue weighted by atomic mass is 10.3. The molecule has 1 rings (SSSR count). The molecule has 0 bridgehead atoms. The quantitative estimate of drug-likeness (QED) is 0.412. The Kier molecular flexibility index (Phi) is 4.56. The van der Waals surface area contributed by atoms with Crippen molar-refractivity contribution in [3.63, 3.8) is 0 Å². The molecule has 82 valence electrons. The van der Waals surface area contributed by atoms with Crippen LogP contribution in [0.1, 0.15) is 12.5 Å². The molecule has 15 heavy (non-hydrogen) atoms. The van der Waals surface area contributed by atoms with Gasteiger partial charge in [-0.15, -0.1) is 0 Å². The Bertz CT molecular complexity index is 311. The highest BCUT2D eigenvalue weighted by Gasteiger charge is 1.98. The summed E-state index contributed by atoms with van der Waals surface area (Å²) in [6.45, 7) is 3.63. The number of rotatable bonds is 6. The smallest absolute Gasteiger partial charge is 0.213 e. The van der Waals surface area contributed by atoms with Crippen molar-refractivity contribution in [2.45, 2.75) is 6.92 Å². The van der Waals surface area contributed by atoms with Crippen molar-refractivity contribution in [2.75, 3.05) is 19.8 Å². The second kappa shape index (κ2) is 5.98. The zero-order valence-electron chi connectivity index (χ0n) is 8.69. The topological polar surface area (TPSA) is 81.2 Å². The van der Waals surface area contributed by atoms with Crippen LogP contribution in [0.5, 0.6) is 5.88 Å². The highest BCUT2D eigenvalue weighted by atomic mass is 16.5. The summed E-state index contributed by atoms with van der Waals surface area (Å²) in [5.74, 6) is 0.517. The van der Waals surface area contributed by atoms with E-state index in [0.717, 1.165) is 0 Å². The van der Waals surface area contributed by atoms with Crippen LogP contribution in [0.15, 0.2) is 18.3 Å². The molecule has 0 aliphatic carbocycles. The normalized spacial score (nSPS) is 9.93. The van der Waals surface area contributed by atoms with Gasteiger partial charge in [-0.25, -0.2) is 4.98 Å². The van der Waals surface area contributed by atoms with Crippen molar-refractivity contribution in [3.05, 3.63) is 23.9 Å². The molecular formula is C10H15N3O2. The van der Waals surface area contributed by atoms with E-state index in [2.05, 4.69) is 4.98 Å². The zero-order valence-corrected chi connectivity index (χ0v) is 8.69. The first-order chi connectivity index (χ1) is 7.24. The molecule has 0 aliphatic heterocycles. The summed E-state index contributed by atoms with van der Waals surface area (Å²) >= 11 is 0. The third kappa shape index (κ3) is 3.95. The number of amidine groups is 1. The molecule has 5 nitrogen and oxygen atoms in total. The van der Waals surface area contributed by atoms with Gasteiger partial charge < -0.3 is 15.2 Å². The van der Waals surface area contributed by atoms with E-state index < -0.39 is 0 Å². The van der Waals surface area contributed by atoms with Crippen molar-refractivity contribution in [2.24, 2.45) is 5.73 Å². The number of nitrogens with zero attached hydrogens (tertiary/aromatic N) is 1. The van der Waals surface area contributed by atoms with E-state index in [1.807, 2.05) is 6.92 Å². The Morgan fingerprint density at radius 1 is 1.47 bits per heavy atom. The van der Waals surface area contributed by atoms with E-state index in [0.29, 0.717) is 31.3 Å². The van der Waals surface area contributed by atoms with Crippen LogP contribution in [0.25, 0.3) is 0 Å². The summed E-state index contributed by atoms with van der Waals surface area (Å²) < 4.78 is 10.4. The van der Waals surface area contributed by atoms with Crippen LogP contribution >= 0.6 is 0 Å². The van der Waals surface area contributed by atoms with Gasteiger partial charge in [0.1, 0.15) is 12.4 Å². The molecule has 0 atom stereocenters. The number of nitrogens with one attached hydrogen (secondary N) is 1. The number of ether oxygens (including phenoxy) is 2. The van der Waals surface area contributed by atoms with Gasteiger partial charge in [0.2, 0.25) is 5.88 Å². The number of nitrogens with two attached hydrogens (primary N) is 1. The molecule has 1 heterocycles. The predicted molar refractivity (Wildman–Crippen MR) is 57.2 cm³/mol. The van der Waals surface area contributed by atoms with Gasteiger partial charge >= 0.3 is 0 Å². The monoisotopic (exact) mass is 209 g/mol. The van der Waals surface area contributed by atoms with E-state index >= 15 is 0 Å². The molecule has 0 fully saturated rings. The Morgan fingerprint density at radius 3 is 2.80 bits per heavy atom. The summed E-state index contributed by atoms with van der Waals surface area (Å²) in [6, 6.07) is 3.38. The number of hydrogen-bond acceptors (Lipinski definition) is 4. The van der Waals surface area contributed by atoms with E-state index in [-0.39, 0.29) is 5.84 Å². The van der Waals surface area contributed by atoms with E-state index in [4.69, 9.17) is 20.6 Å². The van der Waals surface area contributed by atoms with Gasteiger partial charge in [0, 0.05) is 24.4 Å². The second-order valence-electron chi connectivity index (χ2n) is 2.84. The first kappa shape index (κ1) is 11.5. The van der Waals surface area contributed by atoms with Crippen LogP contribution in [-0.2, 0) is 4.74 Å². The third-order valence-corrected chi connectivity index (χ3v) is 1.73. The van der Waals surface area contributed by atoms with E-state index in [9.17, 15) is 0 Å². The largest absolute Gasteiger partial charge is 0.475 e. The van der Waals surface area contributed by atoms with E-state index in [1.165, 1.54) is 6.20 Å². The maximum atomic E-state index is 7.18. The van der Waals surface area contributed by atoms with Crippen LogP contribution in [0.3, 0.4) is 0 Å². The fraction of sp³-hybridized carbons (Fsp3) is 0.400. The van der Waals surface area contributed by atoms with Crippen molar-refractivity contribution < 1.29 is 9.47 Å². The Morgan fingerprint density at radius 2 is 2.27 bits per heavy atom. The zero-order chi connectivity index (χ0) is 11.1.